The van der Waals surface area contributed by atoms with Crippen LogP contribution in [0, 0.1) is 0 Å². The minimum atomic E-state index is -4.33. The van der Waals surface area contributed by atoms with E-state index in [1.807, 2.05) is 28.1 Å². The Hall–Kier alpha value is -0.990. The number of unbranched alkanes of at least 4 members (excludes halogenated alkanes) is 9. The summed E-state index contributed by atoms with van der Waals surface area (Å²) in [7, 11) is 1.47. The molecule has 9 nitrogen and oxygen atoms in total. The molecular weight excluding hydrogens is 473 g/mol. The zero-order valence-corrected chi connectivity index (χ0v) is 23.7. The maximum Gasteiger partial charge on any atom is 0.472 e. The van der Waals surface area contributed by atoms with Crippen molar-refractivity contribution in [3.05, 3.63) is 0 Å². The van der Waals surface area contributed by atoms with Gasteiger partial charge in [-0.05, 0) is 12.8 Å². The van der Waals surface area contributed by atoms with Crippen LogP contribution in [0.1, 0.15) is 97.3 Å². The lowest BCUT2D eigenvalue weighted by Crippen LogP contribution is -2.37. The first-order chi connectivity index (χ1) is 16.5. The van der Waals surface area contributed by atoms with Gasteiger partial charge in [-0.3, -0.25) is 18.6 Å². The van der Waals surface area contributed by atoms with Crippen molar-refractivity contribution in [1.29, 1.82) is 0 Å². The van der Waals surface area contributed by atoms with Gasteiger partial charge in [0.15, 0.2) is 6.10 Å². The predicted octanol–water partition coefficient (Wildman–Crippen LogP) is 5.39. The fraction of sp³-hybridized carbons (Fsp3) is 0.920. The minimum absolute atomic E-state index is 0.0341. The SMILES string of the molecule is CCCCCCCCCCCC(=O)O[C@@H](COC(=O)CCCC)COP(=O)(O)OCC[N+](C)(C)C. The third-order valence-corrected chi connectivity index (χ3v) is 6.37. The second-order valence-electron chi connectivity index (χ2n) is 10.1. The molecule has 35 heavy (non-hydrogen) atoms. The third kappa shape index (κ3) is 23.2. The van der Waals surface area contributed by atoms with Gasteiger partial charge in [0.25, 0.3) is 0 Å². The van der Waals surface area contributed by atoms with Gasteiger partial charge in [-0.1, -0.05) is 71.6 Å². The van der Waals surface area contributed by atoms with E-state index in [0.29, 0.717) is 23.9 Å². The van der Waals surface area contributed by atoms with Gasteiger partial charge in [0.05, 0.1) is 27.7 Å². The number of carbonyl (C=O) groups is 2. The van der Waals surface area contributed by atoms with Crippen molar-refractivity contribution in [3.63, 3.8) is 0 Å². The molecule has 0 aliphatic rings. The molecule has 0 radical (unpaired) electrons. The molecule has 0 fully saturated rings. The first-order valence-electron chi connectivity index (χ1n) is 13.3. The predicted molar refractivity (Wildman–Crippen MR) is 137 cm³/mol. The van der Waals surface area contributed by atoms with Crippen molar-refractivity contribution in [1.82, 2.24) is 0 Å². The molecule has 2 atom stereocenters. The van der Waals surface area contributed by atoms with E-state index in [0.717, 1.165) is 19.3 Å². The van der Waals surface area contributed by atoms with Gasteiger partial charge in [-0.25, -0.2) is 4.57 Å². The Kier molecular flexibility index (Phi) is 19.5. The van der Waals surface area contributed by atoms with Crippen LogP contribution < -0.4 is 0 Å². The van der Waals surface area contributed by atoms with E-state index in [9.17, 15) is 19.0 Å². The molecule has 0 saturated heterocycles. The molecule has 1 N–H and O–H groups in total. The highest BCUT2D eigenvalue weighted by Gasteiger charge is 2.26. The summed E-state index contributed by atoms with van der Waals surface area (Å²) in [6.07, 6.45) is 11.3. The molecule has 10 heteroatoms. The number of nitrogens with zero attached hydrogens (tertiary/aromatic N) is 1. The van der Waals surface area contributed by atoms with Crippen molar-refractivity contribution >= 4 is 19.8 Å². The number of rotatable bonds is 23. The van der Waals surface area contributed by atoms with Gasteiger partial charge in [0, 0.05) is 12.8 Å². The highest BCUT2D eigenvalue weighted by molar-refractivity contribution is 7.47. The molecular formula is C25H51NO8P+. The highest BCUT2D eigenvalue weighted by atomic mass is 31.2. The number of phosphoric ester groups is 1. The van der Waals surface area contributed by atoms with Gasteiger partial charge in [0.2, 0.25) is 0 Å². The fourth-order valence-electron chi connectivity index (χ4n) is 3.16. The molecule has 0 aliphatic heterocycles. The highest BCUT2D eigenvalue weighted by Crippen LogP contribution is 2.43. The van der Waals surface area contributed by atoms with Crippen LogP contribution in [0.5, 0.6) is 0 Å². The molecule has 0 rings (SSSR count). The van der Waals surface area contributed by atoms with Crippen LogP contribution in [0.3, 0.4) is 0 Å². The molecule has 0 spiro atoms. The van der Waals surface area contributed by atoms with Crippen LogP contribution >= 0.6 is 7.82 Å². The number of likely N-dealkylation sites (N-methyl/N-ethyl adjacent to an activating group) is 1. The van der Waals surface area contributed by atoms with Gasteiger partial charge in [0.1, 0.15) is 19.8 Å². The van der Waals surface area contributed by atoms with Crippen molar-refractivity contribution in [2.24, 2.45) is 0 Å². The molecule has 0 aromatic carbocycles. The number of ether oxygens (including phenoxy) is 2. The van der Waals surface area contributed by atoms with Crippen LogP contribution in [-0.2, 0) is 32.7 Å². The van der Waals surface area contributed by atoms with Gasteiger partial charge < -0.3 is 18.9 Å². The van der Waals surface area contributed by atoms with Crippen LogP contribution in [0.2, 0.25) is 0 Å². The van der Waals surface area contributed by atoms with Crippen LogP contribution in [0.4, 0.5) is 0 Å². The number of carbonyl (C=O) groups excluding carboxylic acids is 2. The molecule has 1 unspecified atom stereocenters. The summed E-state index contributed by atoms with van der Waals surface area (Å²) in [6, 6.07) is 0. The largest absolute Gasteiger partial charge is 0.472 e. The maximum atomic E-state index is 12.3. The summed E-state index contributed by atoms with van der Waals surface area (Å²) in [5.74, 6) is -0.844. The third-order valence-electron chi connectivity index (χ3n) is 5.39. The van der Waals surface area contributed by atoms with E-state index >= 15 is 0 Å². The average Bonchev–Trinajstić information content (AvgIpc) is 2.77. The smallest absolute Gasteiger partial charge is 0.462 e. The Labute approximate surface area is 213 Å². The second-order valence-corrected chi connectivity index (χ2v) is 11.5. The molecule has 0 aromatic heterocycles. The fourth-order valence-corrected chi connectivity index (χ4v) is 3.91. The Bertz CT molecular complexity index is 609. The van der Waals surface area contributed by atoms with E-state index in [1.165, 1.54) is 38.5 Å². The lowest BCUT2D eigenvalue weighted by molar-refractivity contribution is -0.870. The standard InChI is InChI=1S/C25H50NO8P/c1-6-8-10-11-12-13-14-15-16-18-25(28)34-23(21-31-24(27)17-9-7-2)22-33-35(29,30)32-20-19-26(3,4)5/h23H,6-22H2,1-5H3/p+1/t23-/m0/s1. The molecule has 0 bridgehead atoms. The average molecular weight is 525 g/mol. The Balaban J connectivity index is 4.48. The minimum Gasteiger partial charge on any atom is -0.462 e. The molecule has 0 heterocycles. The van der Waals surface area contributed by atoms with Gasteiger partial charge in [-0.15, -0.1) is 0 Å². The number of phosphoric acid groups is 1. The molecule has 208 valence electrons. The van der Waals surface area contributed by atoms with Crippen molar-refractivity contribution < 1.29 is 42.1 Å². The molecule has 0 saturated carbocycles. The van der Waals surface area contributed by atoms with Gasteiger partial charge in [-0.2, -0.15) is 0 Å². The summed E-state index contributed by atoms with van der Waals surface area (Å²) >= 11 is 0. The van der Waals surface area contributed by atoms with E-state index in [-0.39, 0.29) is 26.1 Å². The number of hydrogen-bond acceptors (Lipinski definition) is 7. The van der Waals surface area contributed by atoms with Crippen LogP contribution in [0.25, 0.3) is 0 Å². The number of quaternary nitrogens is 1. The van der Waals surface area contributed by atoms with E-state index < -0.39 is 32.5 Å². The van der Waals surface area contributed by atoms with Gasteiger partial charge >= 0.3 is 19.8 Å². The van der Waals surface area contributed by atoms with Crippen molar-refractivity contribution in [3.8, 4) is 0 Å². The van der Waals surface area contributed by atoms with E-state index in [2.05, 4.69) is 6.92 Å². The summed E-state index contributed by atoms with van der Waals surface area (Å²) in [6.45, 7) is 4.09. The Morgan fingerprint density at radius 2 is 1.31 bits per heavy atom. The zero-order valence-electron chi connectivity index (χ0n) is 22.8. The van der Waals surface area contributed by atoms with E-state index in [4.69, 9.17) is 18.5 Å². The second kappa shape index (κ2) is 20.1. The first-order valence-corrected chi connectivity index (χ1v) is 14.8. The van der Waals surface area contributed by atoms with Crippen LogP contribution in [-0.4, -0.2) is 74.9 Å². The molecule has 0 aliphatic carbocycles. The van der Waals surface area contributed by atoms with Crippen molar-refractivity contribution in [2.75, 3.05) is 47.5 Å². The molecule has 0 amide bonds. The van der Waals surface area contributed by atoms with Crippen molar-refractivity contribution in [2.45, 2.75) is 103 Å². The normalized spacial score (nSPS) is 14.3. The first kappa shape index (κ1) is 34.0. The Morgan fingerprint density at radius 3 is 1.89 bits per heavy atom. The number of esters is 2. The lowest BCUT2D eigenvalue weighted by atomic mass is 10.1. The summed E-state index contributed by atoms with van der Waals surface area (Å²) in [4.78, 5) is 34.1. The quantitative estimate of drug-likeness (QED) is 0.0820. The summed E-state index contributed by atoms with van der Waals surface area (Å²) in [5.41, 5.74) is 0. The zero-order chi connectivity index (χ0) is 26.6. The van der Waals surface area contributed by atoms with E-state index in [1.54, 1.807) is 0 Å². The summed E-state index contributed by atoms with van der Waals surface area (Å²) < 4.78 is 33.4. The monoisotopic (exact) mass is 524 g/mol. The number of hydrogen-bond donors (Lipinski definition) is 1. The Morgan fingerprint density at radius 1 is 0.771 bits per heavy atom. The summed E-state index contributed by atoms with van der Waals surface area (Å²) in [5, 5.41) is 0. The molecule has 0 aromatic rings. The lowest BCUT2D eigenvalue weighted by Gasteiger charge is -2.24. The maximum absolute atomic E-state index is 12.3. The topological polar surface area (TPSA) is 108 Å². The van der Waals surface area contributed by atoms with Crippen LogP contribution in [0.15, 0.2) is 0 Å².